The predicted octanol–water partition coefficient (Wildman–Crippen LogP) is 1.67. The number of carbonyl (C=O) groups is 3. The first kappa shape index (κ1) is 20.5. The maximum Gasteiger partial charge on any atom is 0.326 e. The van der Waals surface area contributed by atoms with Gasteiger partial charge in [0.2, 0.25) is 0 Å². The molecular weight excluding hydrogens is 472 g/mol. The summed E-state index contributed by atoms with van der Waals surface area (Å²) in [4.78, 5) is 52.2. The Morgan fingerprint density at radius 1 is 1.23 bits per heavy atom. The van der Waals surface area contributed by atoms with Crippen molar-refractivity contribution in [3.8, 4) is 5.75 Å². The van der Waals surface area contributed by atoms with Gasteiger partial charge in [-0.3, -0.25) is 23.7 Å². The van der Waals surface area contributed by atoms with Gasteiger partial charge in [0, 0.05) is 10.2 Å². The van der Waals surface area contributed by atoms with Crippen LogP contribution in [0.4, 0.5) is 11.4 Å². The number of aromatic nitrogens is 2. The van der Waals surface area contributed by atoms with Crippen LogP contribution >= 0.6 is 15.9 Å². The molecule has 0 spiro atoms. The van der Waals surface area contributed by atoms with Crippen molar-refractivity contribution in [2.45, 2.75) is 6.54 Å². The third-order valence-corrected chi connectivity index (χ3v) is 4.84. The van der Waals surface area contributed by atoms with Gasteiger partial charge in [0.05, 0.1) is 22.9 Å². The molecule has 0 saturated carbocycles. The molecule has 11 heteroatoms. The first-order valence-electron chi connectivity index (χ1n) is 9.06. The first-order chi connectivity index (χ1) is 14.9. The van der Waals surface area contributed by atoms with Crippen LogP contribution in [0.1, 0.15) is 0 Å². The Labute approximate surface area is 183 Å². The number of hydrogen-bond acceptors (Lipinski definition) is 7. The molecule has 0 radical (unpaired) electrons. The second-order valence-electron chi connectivity index (χ2n) is 6.60. The number of rotatable bonds is 5. The number of carbonyl (C=O) groups excluding carboxylic acids is 3. The summed E-state index contributed by atoms with van der Waals surface area (Å²) in [5.41, 5.74) is 0.932. The van der Waals surface area contributed by atoms with E-state index in [9.17, 15) is 19.2 Å². The number of nitrogens with one attached hydrogen (secondary N) is 2. The summed E-state index contributed by atoms with van der Waals surface area (Å²) in [6, 6.07) is 9.79. The molecule has 3 aromatic rings. The summed E-state index contributed by atoms with van der Waals surface area (Å²) in [7, 11) is 0. The quantitative estimate of drug-likeness (QED) is 0.524. The van der Waals surface area contributed by atoms with Crippen LogP contribution in [-0.2, 0) is 25.7 Å². The highest BCUT2D eigenvalue weighted by Crippen LogP contribution is 2.30. The zero-order valence-electron chi connectivity index (χ0n) is 15.9. The molecular formula is C20H15BrN4O6. The molecule has 0 aliphatic carbocycles. The third-order valence-electron chi connectivity index (χ3n) is 4.35. The lowest BCUT2D eigenvalue weighted by Gasteiger charge is -2.18. The van der Waals surface area contributed by atoms with Crippen LogP contribution in [0.3, 0.4) is 0 Å². The smallest absolute Gasteiger partial charge is 0.326 e. The van der Waals surface area contributed by atoms with E-state index in [0.29, 0.717) is 32.5 Å². The number of hydrogen-bond donors (Lipinski definition) is 2. The Bertz CT molecular complexity index is 1270. The van der Waals surface area contributed by atoms with Crippen molar-refractivity contribution in [1.29, 1.82) is 0 Å². The van der Waals surface area contributed by atoms with Crippen molar-refractivity contribution < 1.29 is 23.9 Å². The molecule has 0 unspecified atom stereocenters. The second kappa shape index (κ2) is 8.56. The zero-order chi connectivity index (χ0) is 22.0. The fourth-order valence-electron chi connectivity index (χ4n) is 2.93. The minimum atomic E-state index is -0.764. The molecule has 4 rings (SSSR count). The van der Waals surface area contributed by atoms with Crippen molar-refractivity contribution >= 4 is 56.0 Å². The number of anilines is 2. The normalized spacial score (nSPS) is 12.5. The molecule has 1 aromatic heterocycles. The average Bonchev–Trinajstić information content (AvgIpc) is 2.74. The van der Waals surface area contributed by atoms with Crippen molar-refractivity contribution in [3.05, 3.63) is 57.6 Å². The number of nitrogens with zero attached hydrogens (tertiary/aromatic N) is 2. The van der Waals surface area contributed by atoms with Crippen LogP contribution in [0.25, 0.3) is 10.9 Å². The van der Waals surface area contributed by atoms with Gasteiger partial charge in [0.15, 0.2) is 13.2 Å². The highest BCUT2D eigenvalue weighted by Gasteiger charge is 2.17. The SMILES string of the molecule is O=C(COC(=O)Cn1cnc2ccc(Br)cc2c1=O)Nc1ccc2c(c1)NC(=O)CO2. The minimum absolute atomic E-state index is 0.0677. The van der Waals surface area contributed by atoms with E-state index < -0.39 is 24.0 Å². The number of halogens is 1. The van der Waals surface area contributed by atoms with Gasteiger partial charge >= 0.3 is 5.97 Å². The highest BCUT2D eigenvalue weighted by atomic mass is 79.9. The van der Waals surface area contributed by atoms with Crippen LogP contribution in [0.5, 0.6) is 5.75 Å². The maximum atomic E-state index is 12.5. The molecule has 2 N–H and O–H groups in total. The van der Waals surface area contributed by atoms with Crippen molar-refractivity contribution in [2.24, 2.45) is 0 Å². The molecule has 0 fully saturated rings. The van der Waals surface area contributed by atoms with Gasteiger partial charge in [0.1, 0.15) is 12.3 Å². The van der Waals surface area contributed by atoms with Gasteiger partial charge in [-0.05, 0) is 36.4 Å². The van der Waals surface area contributed by atoms with Gasteiger partial charge < -0.3 is 20.1 Å². The van der Waals surface area contributed by atoms with Gasteiger partial charge in [-0.2, -0.15) is 0 Å². The van der Waals surface area contributed by atoms with Crippen LogP contribution in [0.2, 0.25) is 0 Å². The molecule has 158 valence electrons. The fourth-order valence-corrected chi connectivity index (χ4v) is 3.29. The maximum absolute atomic E-state index is 12.5. The molecule has 0 saturated heterocycles. The number of esters is 1. The molecule has 10 nitrogen and oxygen atoms in total. The molecule has 2 heterocycles. The fraction of sp³-hybridized carbons (Fsp3) is 0.150. The van der Waals surface area contributed by atoms with E-state index in [2.05, 4.69) is 31.5 Å². The van der Waals surface area contributed by atoms with Gasteiger partial charge in [-0.15, -0.1) is 0 Å². The van der Waals surface area contributed by atoms with Gasteiger partial charge in [0.25, 0.3) is 17.4 Å². The number of fused-ring (bicyclic) bond motifs is 2. The lowest BCUT2D eigenvalue weighted by Crippen LogP contribution is -2.28. The molecule has 1 aliphatic heterocycles. The zero-order valence-corrected chi connectivity index (χ0v) is 17.5. The standard InChI is InChI=1S/C20H15BrN4O6/c21-11-1-3-14-13(5-11)20(29)25(10-22-14)7-19(28)31-9-17(26)23-12-2-4-16-15(6-12)24-18(27)8-30-16/h1-6,10H,7-9H2,(H,23,26)(H,24,27). The summed E-state index contributed by atoms with van der Waals surface area (Å²) in [5, 5.41) is 5.54. The van der Waals surface area contributed by atoms with Crippen LogP contribution in [-0.4, -0.2) is 40.5 Å². The third kappa shape index (κ3) is 4.72. The second-order valence-corrected chi connectivity index (χ2v) is 7.51. The molecule has 0 bridgehead atoms. The molecule has 2 amide bonds. The molecule has 1 aliphatic rings. The minimum Gasteiger partial charge on any atom is -0.482 e. The van der Waals surface area contributed by atoms with Crippen LogP contribution in [0, 0.1) is 0 Å². The Balaban J connectivity index is 1.35. The predicted molar refractivity (Wildman–Crippen MR) is 114 cm³/mol. The summed E-state index contributed by atoms with van der Waals surface area (Å²) in [6.07, 6.45) is 1.25. The Kier molecular flexibility index (Phi) is 5.67. The molecule has 0 atom stereocenters. The van der Waals surface area contributed by atoms with Crippen LogP contribution in [0.15, 0.2) is 52.0 Å². The Morgan fingerprint density at radius 3 is 2.90 bits per heavy atom. The van der Waals surface area contributed by atoms with Crippen molar-refractivity contribution in [3.63, 3.8) is 0 Å². The summed E-state index contributed by atoms with van der Waals surface area (Å²) < 4.78 is 12.0. The van der Waals surface area contributed by atoms with Crippen molar-refractivity contribution in [1.82, 2.24) is 9.55 Å². The summed E-state index contributed by atoms with van der Waals surface area (Å²) >= 11 is 3.29. The Hall–Kier alpha value is -3.73. The van der Waals surface area contributed by atoms with Gasteiger partial charge in [-0.1, -0.05) is 15.9 Å². The number of amides is 2. The van der Waals surface area contributed by atoms with E-state index in [1.54, 1.807) is 30.3 Å². The molecule has 31 heavy (non-hydrogen) atoms. The van der Waals surface area contributed by atoms with Gasteiger partial charge in [-0.25, -0.2) is 4.98 Å². The van der Waals surface area contributed by atoms with Crippen LogP contribution < -0.4 is 20.9 Å². The lowest BCUT2D eigenvalue weighted by molar-refractivity contribution is -0.147. The highest BCUT2D eigenvalue weighted by molar-refractivity contribution is 9.10. The van der Waals surface area contributed by atoms with E-state index in [1.165, 1.54) is 12.4 Å². The summed E-state index contributed by atoms with van der Waals surface area (Å²) in [6.45, 7) is -0.994. The molecule has 2 aromatic carbocycles. The van der Waals surface area contributed by atoms with E-state index in [4.69, 9.17) is 9.47 Å². The lowest BCUT2D eigenvalue weighted by atomic mass is 10.2. The van der Waals surface area contributed by atoms with E-state index >= 15 is 0 Å². The first-order valence-corrected chi connectivity index (χ1v) is 9.85. The van der Waals surface area contributed by atoms with E-state index in [-0.39, 0.29) is 19.1 Å². The van der Waals surface area contributed by atoms with E-state index in [1.807, 2.05) is 0 Å². The summed E-state index contributed by atoms with van der Waals surface area (Å²) in [5.74, 6) is -1.15. The number of benzene rings is 2. The van der Waals surface area contributed by atoms with Crippen molar-refractivity contribution in [2.75, 3.05) is 23.8 Å². The largest absolute Gasteiger partial charge is 0.482 e. The number of ether oxygens (including phenoxy) is 2. The average molecular weight is 487 g/mol. The van der Waals surface area contributed by atoms with E-state index in [0.717, 1.165) is 4.57 Å². The Morgan fingerprint density at radius 2 is 2.06 bits per heavy atom. The topological polar surface area (TPSA) is 129 Å². The monoisotopic (exact) mass is 486 g/mol.